The van der Waals surface area contributed by atoms with Gasteiger partial charge in [-0.05, 0) is 12.8 Å². The predicted octanol–water partition coefficient (Wildman–Crippen LogP) is 4.87. The maximum absolute atomic E-state index is 12.9. The lowest BCUT2D eigenvalue weighted by atomic mass is 9.98. The number of rotatable bonds is 35. The summed E-state index contributed by atoms with van der Waals surface area (Å²) in [5.41, 5.74) is 0. The van der Waals surface area contributed by atoms with E-state index in [0.717, 1.165) is 38.5 Å². The molecule has 0 aromatic rings. The lowest BCUT2D eigenvalue weighted by Gasteiger charge is -2.42. The Morgan fingerprint density at radius 1 is 0.475 bits per heavy atom. The van der Waals surface area contributed by atoms with Crippen LogP contribution in [0.1, 0.15) is 174 Å². The fourth-order valence-corrected chi connectivity index (χ4v) is 7.45. The molecule has 0 aliphatic carbocycles. The van der Waals surface area contributed by atoms with Crippen LogP contribution >= 0.6 is 0 Å². The first-order valence-corrected chi connectivity index (χ1v) is 23.1. The van der Waals surface area contributed by atoms with Crippen molar-refractivity contribution < 1.29 is 73.8 Å². The molecule has 0 radical (unpaired) electrons. The van der Waals surface area contributed by atoms with Gasteiger partial charge in [0, 0.05) is 12.8 Å². The minimum atomic E-state index is -1.76. The van der Waals surface area contributed by atoms with E-state index in [0.29, 0.717) is 12.8 Å². The third-order valence-corrected chi connectivity index (χ3v) is 11.3. The number of aliphatic hydroxyl groups is 7. The molecular weight excluding hydrogens is 768 g/mol. The van der Waals surface area contributed by atoms with Gasteiger partial charge >= 0.3 is 11.9 Å². The second-order valence-corrected chi connectivity index (χ2v) is 16.6. The van der Waals surface area contributed by atoms with E-state index in [9.17, 15) is 45.3 Å². The summed E-state index contributed by atoms with van der Waals surface area (Å²) in [5, 5.41) is 71.8. The second-order valence-electron chi connectivity index (χ2n) is 16.6. The number of hydrogen-bond acceptors (Lipinski definition) is 15. The van der Waals surface area contributed by atoms with Crippen molar-refractivity contribution in [2.45, 2.75) is 242 Å². The molecule has 0 spiro atoms. The van der Waals surface area contributed by atoms with Crippen LogP contribution in [0, 0.1) is 0 Å². The molecule has 2 heterocycles. The number of esters is 2. The Balaban J connectivity index is 1.83. The van der Waals surface area contributed by atoms with E-state index in [1.807, 2.05) is 0 Å². The van der Waals surface area contributed by atoms with Crippen molar-refractivity contribution in [3.63, 3.8) is 0 Å². The highest BCUT2D eigenvalue weighted by molar-refractivity contribution is 5.70. The first-order valence-electron chi connectivity index (χ1n) is 23.1. The molecule has 0 amide bonds. The predicted molar refractivity (Wildman–Crippen MR) is 220 cm³/mol. The van der Waals surface area contributed by atoms with Crippen LogP contribution in [-0.4, -0.2) is 142 Å². The van der Waals surface area contributed by atoms with Crippen molar-refractivity contribution in [3.8, 4) is 0 Å². The summed E-state index contributed by atoms with van der Waals surface area (Å²) in [4.78, 5) is 25.5. The molecule has 7 N–H and O–H groups in total. The van der Waals surface area contributed by atoms with Gasteiger partial charge in [-0.25, -0.2) is 0 Å². The second kappa shape index (κ2) is 33.1. The van der Waals surface area contributed by atoms with E-state index in [2.05, 4.69) is 13.8 Å². The van der Waals surface area contributed by atoms with Crippen molar-refractivity contribution in [1.29, 1.82) is 0 Å². The van der Waals surface area contributed by atoms with E-state index in [1.54, 1.807) is 0 Å². The molecule has 11 atom stereocenters. The molecule has 2 rings (SSSR count). The first-order chi connectivity index (χ1) is 28.5. The van der Waals surface area contributed by atoms with Crippen LogP contribution in [0.4, 0.5) is 0 Å². The molecule has 2 aliphatic rings. The molecule has 59 heavy (non-hydrogen) atoms. The van der Waals surface area contributed by atoms with Gasteiger partial charge in [0.15, 0.2) is 18.7 Å². The van der Waals surface area contributed by atoms with E-state index in [1.165, 1.54) is 96.3 Å². The molecule has 0 saturated carbocycles. The van der Waals surface area contributed by atoms with Crippen LogP contribution in [-0.2, 0) is 38.0 Å². The fraction of sp³-hybridized carbons (Fsp3) is 0.955. The largest absolute Gasteiger partial charge is 0.462 e. The van der Waals surface area contributed by atoms with E-state index in [-0.39, 0.29) is 26.1 Å². The zero-order valence-corrected chi connectivity index (χ0v) is 36.3. The Hall–Kier alpha value is -1.50. The van der Waals surface area contributed by atoms with Gasteiger partial charge in [0.1, 0.15) is 55.4 Å². The number of ether oxygens (including phenoxy) is 6. The summed E-state index contributed by atoms with van der Waals surface area (Å²) >= 11 is 0. The van der Waals surface area contributed by atoms with Gasteiger partial charge < -0.3 is 64.2 Å². The zero-order valence-electron chi connectivity index (χ0n) is 36.3. The Morgan fingerprint density at radius 3 is 1.32 bits per heavy atom. The fourth-order valence-electron chi connectivity index (χ4n) is 7.45. The molecule has 2 fully saturated rings. The van der Waals surface area contributed by atoms with Crippen molar-refractivity contribution in [1.82, 2.24) is 0 Å². The summed E-state index contributed by atoms with van der Waals surface area (Å²) < 4.78 is 33.4. The maximum atomic E-state index is 12.9. The molecule has 0 aromatic heterocycles. The lowest BCUT2D eigenvalue weighted by Crippen LogP contribution is -2.61. The summed E-state index contributed by atoms with van der Waals surface area (Å²) in [6.07, 6.45) is 10.1. The molecular formula is C44H82O15. The molecule has 0 aromatic carbocycles. The Kier molecular flexibility index (Phi) is 30.1. The average molecular weight is 851 g/mol. The molecule has 15 nitrogen and oxygen atoms in total. The van der Waals surface area contributed by atoms with Crippen molar-refractivity contribution >= 4 is 11.9 Å². The van der Waals surface area contributed by atoms with Gasteiger partial charge in [0.05, 0.1) is 19.8 Å². The number of carbonyl (C=O) groups excluding carboxylic acids is 2. The number of carbonyl (C=O) groups is 2. The highest BCUT2D eigenvalue weighted by Gasteiger charge is 2.47. The minimum Gasteiger partial charge on any atom is -0.462 e. The molecule has 2 saturated heterocycles. The number of aliphatic hydroxyl groups excluding tert-OH is 7. The summed E-state index contributed by atoms with van der Waals surface area (Å²) in [5.74, 6) is -0.919. The zero-order chi connectivity index (χ0) is 43.3. The standard InChI is InChI=1S/C44H82O15/c1-3-5-7-9-11-13-14-15-16-17-19-20-22-24-26-35(46)54-29-32(57-36(47)27-25-23-21-18-12-10-8-6-4-2)30-55-43-42(53)40(51)38(49)34(59-43)31-56-44-41(52)39(50)37(48)33(28-45)58-44/h32-34,37-45,48-53H,3-31H2,1-2H3/t32-,33-,34-,37+,38+,39?,40?,41?,42?,43-,44-/m1/s1. The highest BCUT2D eigenvalue weighted by atomic mass is 16.7. The lowest BCUT2D eigenvalue weighted by molar-refractivity contribution is -0.332. The summed E-state index contributed by atoms with van der Waals surface area (Å²) in [7, 11) is 0. The summed E-state index contributed by atoms with van der Waals surface area (Å²) in [6, 6.07) is 0. The monoisotopic (exact) mass is 851 g/mol. The molecule has 15 heteroatoms. The molecule has 0 bridgehead atoms. The van der Waals surface area contributed by atoms with Crippen LogP contribution in [0.3, 0.4) is 0 Å². The van der Waals surface area contributed by atoms with Gasteiger partial charge in [0.25, 0.3) is 0 Å². The third-order valence-electron chi connectivity index (χ3n) is 11.3. The van der Waals surface area contributed by atoms with Gasteiger partial charge in [0.2, 0.25) is 0 Å². The van der Waals surface area contributed by atoms with Crippen molar-refractivity contribution in [3.05, 3.63) is 0 Å². The van der Waals surface area contributed by atoms with Crippen LogP contribution in [0.25, 0.3) is 0 Å². The topological polar surface area (TPSA) is 231 Å². The highest BCUT2D eigenvalue weighted by Crippen LogP contribution is 2.26. The van der Waals surface area contributed by atoms with Crippen molar-refractivity contribution in [2.75, 3.05) is 26.4 Å². The van der Waals surface area contributed by atoms with Gasteiger partial charge in [-0.1, -0.05) is 149 Å². The third kappa shape index (κ3) is 22.4. The van der Waals surface area contributed by atoms with Crippen molar-refractivity contribution in [2.24, 2.45) is 0 Å². The van der Waals surface area contributed by atoms with E-state index >= 15 is 0 Å². The molecule has 348 valence electrons. The molecule has 2 aliphatic heterocycles. The number of hydrogen-bond donors (Lipinski definition) is 7. The number of unbranched alkanes of at least 4 members (excludes halogenated alkanes) is 21. The summed E-state index contributed by atoms with van der Waals surface area (Å²) in [6.45, 7) is 2.56. The van der Waals surface area contributed by atoms with Crippen LogP contribution < -0.4 is 0 Å². The van der Waals surface area contributed by atoms with Gasteiger partial charge in [-0.15, -0.1) is 0 Å². The maximum Gasteiger partial charge on any atom is 0.306 e. The van der Waals surface area contributed by atoms with E-state index in [4.69, 9.17) is 28.4 Å². The smallest absolute Gasteiger partial charge is 0.306 e. The van der Waals surface area contributed by atoms with Crippen LogP contribution in [0.15, 0.2) is 0 Å². The van der Waals surface area contributed by atoms with E-state index < -0.39 is 92.7 Å². The average Bonchev–Trinajstić information content (AvgIpc) is 3.23. The SMILES string of the molecule is CCCCCCCCCCCCCCCCC(=O)OC[C@H](CO[C@@H]1O[C@H](CO[C@@H]2O[C@H](CO)[C@H](O)C(O)C2O)[C@H](O)C(O)C1O)OC(=O)CCCCCCCCCCC. The first kappa shape index (κ1) is 53.6. The Bertz CT molecular complexity index is 1050. The Morgan fingerprint density at radius 2 is 0.864 bits per heavy atom. The van der Waals surface area contributed by atoms with Gasteiger partial charge in [-0.3, -0.25) is 9.59 Å². The van der Waals surface area contributed by atoms with Gasteiger partial charge in [-0.2, -0.15) is 0 Å². The minimum absolute atomic E-state index is 0.171. The van der Waals surface area contributed by atoms with Crippen LogP contribution in [0.5, 0.6) is 0 Å². The van der Waals surface area contributed by atoms with Crippen LogP contribution in [0.2, 0.25) is 0 Å². The Labute approximate surface area is 353 Å². The normalized spacial score (nSPS) is 27.7. The quantitative estimate of drug-likeness (QED) is 0.0333. The molecule has 4 unspecified atom stereocenters.